The zero-order chi connectivity index (χ0) is 25.5. The lowest BCUT2D eigenvalue weighted by Crippen LogP contribution is -2.52. The minimum atomic E-state index is -0.102. The molecule has 2 saturated carbocycles. The van der Waals surface area contributed by atoms with Crippen LogP contribution >= 0.6 is 0 Å². The monoisotopic (exact) mass is 496 g/mol. The van der Waals surface area contributed by atoms with Gasteiger partial charge in [-0.05, 0) is 106 Å². The number of carbonyl (C=O) groups excluding carboxylic acids is 1. The van der Waals surface area contributed by atoms with E-state index in [0.29, 0.717) is 41.9 Å². The highest BCUT2D eigenvalue weighted by Crippen LogP contribution is 2.66. The van der Waals surface area contributed by atoms with Crippen LogP contribution in [0.3, 0.4) is 0 Å². The first-order valence-corrected chi connectivity index (χ1v) is 14.7. The van der Waals surface area contributed by atoms with E-state index in [9.17, 15) is 15.2 Å². The molecule has 6 nitrogen and oxygen atoms in total. The molecule has 0 spiro atoms. The van der Waals surface area contributed by atoms with E-state index in [2.05, 4.69) is 42.3 Å². The van der Waals surface area contributed by atoms with Crippen LogP contribution in [0.2, 0.25) is 0 Å². The molecule has 0 aromatic rings. The molecule has 2 N–H and O–H groups in total. The molecule has 5 rings (SSSR count). The number of nitrogens with one attached hydrogen (secondary N) is 1. The van der Waals surface area contributed by atoms with Crippen molar-refractivity contribution in [1.82, 2.24) is 15.3 Å². The van der Waals surface area contributed by atoms with E-state index in [1.807, 2.05) is 0 Å². The molecule has 36 heavy (non-hydrogen) atoms. The Morgan fingerprint density at radius 3 is 2.67 bits per heavy atom. The summed E-state index contributed by atoms with van der Waals surface area (Å²) >= 11 is 0. The lowest BCUT2D eigenvalue weighted by atomic mass is 9.50. The van der Waals surface area contributed by atoms with Crippen LogP contribution in [-0.2, 0) is 4.79 Å². The fourth-order valence-corrected chi connectivity index (χ4v) is 9.28. The van der Waals surface area contributed by atoms with Crippen LogP contribution in [-0.4, -0.2) is 60.3 Å². The van der Waals surface area contributed by atoms with Gasteiger partial charge in [0, 0.05) is 39.0 Å². The number of hydrogen-bond acceptors (Lipinski definition) is 5. The number of hydrogen-bond donors (Lipinski definition) is 2. The van der Waals surface area contributed by atoms with E-state index in [4.69, 9.17) is 0 Å². The van der Waals surface area contributed by atoms with Crippen molar-refractivity contribution in [3.8, 4) is 6.07 Å². The lowest BCUT2D eigenvalue weighted by molar-refractivity contribution is -0.127. The number of nitriles is 1. The molecule has 1 amide bonds. The van der Waals surface area contributed by atoms with Gasteiger partial charge in [0.05, 0.1) is 12.2 Å². The summed E-state index contributed by atoms with van der Waals surface area (Å²) < 4.78 is 0. The molecule has 1 aliphatic heterocycles. The van der Waals surface area contributed by atoms with E-state index >= 15 is 0 Å². The van der Waals surface area contributed by atoms with E-state index in [-0.39, 0.29) is 17.4 Å². The number of aliphatic hydroxyl groups is 1. The zero-order valence-electron chi connectivity index (χ0n) is 22.9. The molecule has 1 unspecified atom stereocenters. The summed E-state index contributed by atoms with van der Waals surface area (Å²) in [5.74, 6) is 2.25. The molecule has 1 saturated heterocycles. The number of piperazine rings is 1. The molecular formula is C30H48N4O2. The fourth-order valence-electron chi connectivity index (χ4n) is 9.28. The summed E-state index contributed by atoms with van der Waals surface area (Å²) in [5.41, 5.74) is 7.20. The molecule has 6 heteroatoms. The van der Waals surface area contributed by atoms with Crippen LogP contribution in [0.25, 0.3) is 0 Å². The quantitative estimate of drug-likeness (QED) is 0.523. The van der Waals surface area contributed by atoms with Gasteiger partial charge in [-0.1, -0.05) is 25.0 Å². The molecule has 0 bridgehead atoms. The Morgan fingerprint density at radius 1 is 1.14 bits per heavy atom. The van der Waals surface area contributed by atoms with E-state index in [1.54, 1.807) is 11.1 Å². The van der Waals surface area contributed by atoms with Crippen LogP contribution in [0.1, 0.15) is 90.9 Å². The first-order chi connectivity index (χ1) is 17.2. The minimum absolute atomic E-state index is 0.102. The van der Waals surface area contributed by atoms with E-state index < -0.39 is 0 Å². The number of rotatable bonds is 6. The third kappa shape index (κ3) is 4.76. The van der Waals surface area contributed by atoms with Gasteiger partial charge in [0.15, 0.2) is 0 Å². The van der Waals surface area contributed by atoms with Gasteiger partial charge in [0.25, 0.3) is 0 Å². The van der Waals surface area contributed by atoms with Crippen molar-refractivity contribution in [3.05, 3.63) is 11.1 Å². The highest BCUT2D eigenvalue weighted by molar-refractivity contribution is 5.75. The van der Waals surface area contributed by atoms with Crippen molar-refractivity contribution in [2.24, 2.45) is 34.5 Å². The molecular weight excluding hydrogens is 448 g/mol. The van der Waals surface area contributed by atoms with Gasteiger partial charge in [-0.3, -0.25) is 10.2 Å². The van der Waals surface area contributed by atoms with Crippen molar-refractivity contribution in [2.45, 2.75) is 97.0 Å². The molecule has 4 aliphatic carbocycles. The van der Waals surface area contributed by atoms with Gasteiger partial charge >= 0.3 is 0 Å². The Balaban J connectivity index is 1.26. The summed E-state index contributed by atoms with van der Waals surface area (Å²) in [6, 6.07) is 2.49. The number of fused-ring (bicyclic) bond motifs is 4. The average molecular weight is 497 g/mol. The molecule has 5 aliphatic rings. The average Bonchev–Trinajstić information content (AvgIpc) is 3.21. The predicted octanol–water partition coefficient (Wildman–Crippen LogP) is 4.66. The Kier molecular flexibility index (Phi) is 7.56. The SMILES string of the molecule is CN1CCN(NC(=O)CC[C@@H](CC#N)[C@H]2CC[C@H]3C4=C(CC[C@]23C)[C@@]2(C)CC[C@H](O)CC2CC4)CC1. The Hall–Kier alpha value is -1.42. The number of likely N-dealkylation sites (N-methyl/N-ethyl adjacent to an activating group) is 1. The number of carbonyl (C=O) groups is 1. The van der Waals surface area contributed by atoms with Crippen LogP contribution < -0.4 is 5.43 Å². The first kappa shape index (κ1) is 26.2. The molecule has 1 heterocycles. The molecule has 200 valence electrons. The minimum Gasteiger partial charge on any atom is -0.393 e. The van der Waals surface area contributed by atoms with Crippen LogP contribution in [0.4, 0.5) is 0 Å². The lowest BCUT2D eigenvalue weighted by Gasteiger charge is -2.55. The second-order valence-electron chi connectivity index (χ2n) is 13.3. The molecule has 0 aromatic carbocycles. The summed E-state index contributed by atoms with van der Waals surface area (Å²) in [6.07, 6.45) is 12.2. The first-order valence-electron chi connectivity index (χ1n) is 14.7. The topological polar surface area (TPSA) is 79.6 Å². The van der Waals surface area contributed by atoms with Crippen LogP contribution in [0.5, 0.6) is 0 Å². The maximum Gasteiger partial charge on any atom is 0.234 e. The van der Waals surface area contributed by atoms with Crippen molar-refractivity contribution < 1.29 is 9.90 Å². The second-order valence-corrected chi connectivity index (χ2v) is 13.3. The number of hydrazine groups is 1. The van der Waals surface area contributed by atoms with Gasteiger partial charge in [-0.2, -0.15) is 5.26 Å². The predicted molar refractivity (Wildman–Crippen MR) is 141 cm³/mol. The Bertz CT molecular complexity index is 903. The maximum absolute atomic E-state index is 12.8. The number of amides is 1. The highest BCUT2D eigenvalue weighted by Gasteiger charge is 2.56. The van der Waals surface area contributed by atoms with Gasteiger partial charge in [-0.15, -0.1) is 0 Å². The zero-order valence-corrected chi connectivity index (χ0v) is 22.9. The maximum atomic E-state index is 12.8. The Morgan fingerprint density at radius 2 is 1.92 bits per heavy atom. The fraction of sp³-hybridized carbons (Fsp3) is 0.867. The molecule has 0 aromatic heterocycles. The number of nitrogens with zero attached hydrogens (tertiary/aromatic N) is 3. The molecule has 3 fully saturated rings. The van der Waals surface area contributed by atoms with E-state index in [0.717, 1.165) is 51.9 Å². The van der Waals surface area contributed by atoms with Gasteiger partial charge < -0.3 is 10.0 Å². The van der Waals surface area contributed by atoms with Gasteiger partial charge in [-0.25, -0.2) is 5.01 Å². The van der Waals surface area contributed by atoms with E-state index in [1.165, 1.54) is 38.5 Å². The van der Waals surface area contributed by atoms with Gasteiger partial charge in [0.2, 0.25) is 5.91 Å². The summed E-state index contributed by atoms with van der Waals surface area (Å²) in [7, 11) is 2.12. The third-order valence-corrected chi connectivity index (χ3v) is 11.5. The standard InChI is InChI=1S/C30H48N4O2/c1-29-13-10-23(35)20-22(29)5-6-24-26-8-7-25(30(26,2)14-11-27(24)29)21(12-15-31)4-9-28(36)32-34-18-16-33(3)17-19-34/h21-23,25-26,35H,4-14,16-20H2,1-3H3,(H,32,36)/t21-,22?,23-,25+,26-,29-,30+/m0/s1. The highest BCUT2D eigenvalue weighted by atomic mass is 16.3. The van der Waals surface area contributed by atoms with Crippen molar-refractivity contribution in [1.29, 1.82) is 5.26 Å². The summed E-state index contributed by atoms with van der Waals surface area (Å²) in [6.45, 7) is 8.75. The van der Waals surface area contributed by atoms with Gasteiger partial charge in [0.1, 0.15) is 0 Å². The summed E-state index contributed by atoms with van der Waals surface area (Å²) in [4.78, 5) is 15.1. The largest absolute Gasteiger partial charge is 0.393 e. The van der Waals surface area contributed by atoms with Crippen molar-refractivity contribution in [3.63, 3.8) is 0 Å². The number of aliphatic hydroxyl groups excluding tert-OH is 1. The number of allylic oxidation sites excluding steroid dienone is 2. The summed E-state index contributed by atoms with van der Waals surface area (Å²) in [5, 5.41) is 22.1. The second kappa shape index (κ2) is 10.4. The van der Waals surface area contributed by atoms with Crippen LogP contribution in [0.15, 0.2) is 11.1 Å². The third-order valence-electron chi connectivity index (χ3n) is 11.5. The van der Waals surface area contributed by atoms with Crippen molar-refractivity contribution >= 4 is 5.91 Å². The smallest absolute Gasteiger partial charge is 0.234 e. The molecule has 0 radical (unpaired) electrons. The van der Waals surface area contributed by atoms with Crippen LogP contribution in [0, 0.1) is 45.8 Å². The normalized spacial score (nSPS) is 40.1. The molecule has 7 atom stereocenters. The Labute approximate surface area is 218 Å². The van der Waals surface area contributed by atoms with Crippen molar-refractivity contribution in [2.75, 3.05) is 33.2 Å².